The van der Waals surface area contributed by atoms with Gasteiger partial charge in [0.1, 0.15) is 22.9 Å². The van der Waals surface area contributed by atoms with Crippen molar-refractivity contribution in [3.05, 3.63) is 29.8 Å². The zero-order valence-electron chi connectivity index (χ0n) is 10.8. The van der Waals surface area contributed by atoms with E-state index in [1.807, 2.05) is 0 Å². The molecule has 2 rings (SSSR count). The van der Waals surface area contributed by atoms with E-state index in [2.05, 4.69) is 0 Å². The van der Waals surface area contributed by atoms with Crippen LogP contribution in [0.3, 0.4) is 0 Å². The number of carbonyl (C=O) groups excluding carboxylic acids is 1. The molecule has 0 spiro atoms. The molecule has 1 aliphatic heterocycles. The Kier molecular flexibility index (Phi) is 3.56. The molecule has 104 valence electrons. The second-order valence-electron chi connectivity index (χ2n) is 4.97. The number of hydrogen-bond acceptors (Lipinski definition) is 3. The molecular formula is C13H16F2N2O2. The monoisotopic (exact) mass is 270 g/mol. The van der Waals surface area contributed by atoms with Gasteiger partial charge in [0, 0.05) is 6.54 Å². The number of carbonyl (C=O) groups is 1. The van der Waals surface area contributed by atoms with E-state index in [9.17, 15) is 13.6 Å². The molecule has 1 amide bonds. The Balaban J connectivity index is 2.45. The van der Waals surface area contributed by atoms with Crippen molar-refractivity contribution < 1.29 is 18.3 Å². The Hall–Kier alpha value is -1.53. The van der Waals surface area contributed by atoms with Gasteiger partial charge in [0.15, 0.2) is 0 Å². The molecule has 0 radical (unpaired) electrons. The molecule has 0 bridgehead atoms. The zero-order chi connectivity index (χ0) is 14.2. The first kappa shape index (κ1) is 13.9. The second kappa shape index (κ2) is 4.86. The summed E-state index contributed by atoms with van der Waals surface area (Å²) in [4.78, 5) is 13.3. The number of rotatable bonds is 2. The molecule has 2 N–H and O–H groups in total. The minimum absolute atomic E-state index is 0.0383. The van der Waals surface area contributed by atoms with Crippen LogP contribution >= 0.6 is 0 Å². The smallest absolute Gasteiger partial charge is 0.258 e. The minimum atomic E-state index is -1.16. The maximum absolute atomic E-state index is 13.8. The lowest BCUT2D eigenvalue weighted by atomic mass is 10.0. The van der Waals surface area contributed by atoms with E-state index in [1.165, 1.54) is 6.07 Å². The molecular weight excluding hydrogens is 254 g/mol. The Morgan fingerprint density at radius 2 is 2.00 bits per heavy atom. The molecule has 1 atom stereocenters. The van der Waals surface area contributed by atoms with Crippen molar-refractivity contribution in [1.82, 2.24) is 0 Å². The average molecular weight is 270 g/mol. The number of amides is 1. The molecule has 4 nitrogen and oxygen atoms in total. The zero-order valence-corrected chi connectivity index (χ0v) is 10.8. The number of para-hydroxylation sites is 1. The van der Waals surface area contributed by atoms with Crippen molar-refractivity contribution in [2.24, 2.45) is 5.73 Å². The third-order valence-corrected chi connectivity index (χ3v) is 3.08. The van der Waals surface area contributed by atoms with E-state index >= 15 is 0 Å². The van der Waals surface area contributed by atoms with Gasteiger partial charge in [-0.2, -0.15) is 0 Å². The molecule has 1 aromatic carbocycles. The molecule has 0 aliphatic carbocycles. The van der Waals surface area contributed by atoms with Crippen LogP contribution in [0.4, 0.5) is 14.5 Å². The van der Waals surface area contributed by atoms with Crippen molar-refractivity contribution in [3.8, 4) is 0 Å². The number of morpholine rings is 1. The molecule has 1 saturated heterocycles. The summed E-state index contributed by atoms with van der Waals surface area (Å²) < 4.78 is 33.1. The van der Waals surface area contributed by atoms with Crippen LogP contribution in [-0.2, 0) is 9.53 Å². The summed E-state index contributed by atoms with van der Waals surface area (Å²) in [6.45, 7) is 3.33. The van der Waals surface area contributed by atoms with Crippen molar-refractivity contribution in [1.29, 1.82) is 0 Å². The maximum atomic E-state index is 13.8. The second-order valence-corrected chi connectivity index (χ2v) is 4.97. The summed E-state index contributed by atoms with van der Waals surface area (Å²) in [5, 5.41) is 0. The molecule has 1 aromatic rings. The van der Waals surface area contributed by atoms with Gasteiger partial charge in [0.05, 0.1) is 12.6 Å². The fourth-order valence-corrected chi connectivity index (χ4v) is 2.18. The highest BCUT2D eigenvalue weighted by Crippen LogP contribution is 2.30. The standard InChI is InChI=1S/C13H16F2N2O2/c1-13(2)12(18)17(7-8(6-16)19-13)11-9(14)4-3-5-10(11)15/h3-5,8H,6-7,16H2,1-2H3. The predicted molar refractivity (Wildman–Crippen MR) is 66.7 cm³/mol. The first-order chi connectivity index (χ1) is 8.86. The van der Waals surface area contributed by atoms with Crippen LogP contribution in [0.25, 0.3) is 0 Å². The SMILES string of the molecule is CC1(C)OC(CN)CN(c2c(F)cccc2F)C1=O. The molecule has 19 heavy (non-hydrogen) atoms. The molecule has 6 heteroatoms. The highest BCUT2D eigenvalue weighted by atomic mass is 19.1. The van der Waals surface area contributed by atoms with E-state index in [-0.39, 0.29) is 18.8 Å². The van der Waals surface area contributed by atoms with Gasteiger partial charge in [-0.3, -0.25) is 4.79 Å². The number of nitrogens with zero attached hydrogens (tertiary/aromatic N) is 1. The number of halogens is 2. The lowest BCUT2D eigenvalue weighted by Gasteiger charge is -2.41. The summed E-state index contributed by atoms with van der Waals surface area (Å²) in [6.07, 6.45) is -0.452. The first-order valence-electron chi connectivity index (χ1n) is 6.00. The first-order valence-corrected chi connectivity index (χ1v) is 6.00. The topological polar surface area (TPSA) is 55.6 Å². The Morgan fingerprint density at radius 1 is 1.42 bits per heavy atom. The predicted octanol–water partition coefficient (Wildman–Crippen LogP) is 1.43. The number of nitrogens with two attached hydrogens (primary N) is 1. The van der Waals surface area contributed by atoms with Gasteiger partial charge in [0.25, 0.3) is 5.91 Å². The van der Waals surface area contributed by atoms with Gasteiger partial charge in [0.2, 0.25) is 0 Å². The van der Waals surface area contributed by atoms with Gasteiger partial charge in [-0.05, 0) is 26.0 Å². The van der Waals surface area contributed by atoms with E-state index in [1.54, 1.807) is 13.8 Å². The Labute approximate surface area is 110 Å². The summed E-state index contributed by atoms with van der Waals surface area (Å²) in [5.41, 5.74) is 4.03. The molecule has 1 unspecified atom stereocenters. The lowest BCUT2D eigenvalue weighted by Crippen LogP contribution is -2.59. The highest BCUT2D eigenvalue weighted by molar-refractivity contribution is 5.99. The lowest BCUT2D eigenvalue weighted by molar-refractivity contribution is -0.153. The van der Waals surface area contributed by atoms with Gasteiger partial charge >= 0.3 is 0 Å². The normalized spacial score (nSPS) is 22.7. The number of benzene rings is 1. The minimum Gasteiger partial charge on any atom is -0.359 e. The fourth-order valence-electron chi connectivity index (χ4n) is 2.18. The van der Waals surface area contributed by atoms with E-state index < -0.39 is 29.2 Å². The van der Waals surface area contributed by atoms with E-state index in [0.29, 0.717) is 0 Å². The Bertz CT molecular complexity index is 485. The van der Waals surface area contributed by atoms with Gasteiger partial charge < -0.3 is 15.4 Å². The van der Waals surface area contributed by atoms with Crippen molar-refractivity contribution in [2.75, 3.05) is 18.0 Å². The third-order valence-electron chi connectivity index (χ3n) is 3.08. The molecule has 0 saturated carbocycles. The van der Waals surface area contributed by atoms with Crippen LogP contribution in [0.5, 0.6) is 0 Å². The third kappa shape index (κ3) is 2.46. The van der Waals surface area contributed by atoms with E-state index in [0.717, 1.165) is 17.0 Å². The van der Waals surface area contributed by atoms with Crippen LogP contribution in [0.2, 0.25) is 0 Å². The Morgan fingerprint density at radius 3 is 2.53 bits per heavy atom. The average Bonchev–Trinajstić information content (AvgIpc) is 2.33. The van der Waals surface area contributed by atoms with Crippen LogP contribution in [0.1, 0.15) is 13.8 Å². The largest absolute Gasteiger partial charge is 0.359 e. The molecule has 1 heterocycles. The number of hydrogen-bond donors (Lipinski definition) is 1. The summed E-state index contributed by atoms with van der Waals surface area (Å²) in [6, 6.07) is 3.49. The van der Waals surface area contributed by atoms with Gasteiger partial charge in [-0.15, -0.1) is 0 Å². The van der Waals surface area contributed by atoms with Gasteiger partial charge in [-0.1, -0.05) is 6.07 Å². The van der Waals surface area contributed by atoms with Crippen LogP contribution in [-0.4, -0.2) is 30.7 Å². The van der Waals surface area contributed by atoms with Crippen LogP contribution in [0.15, 0.2) is 18.2 Å². The van der Waals surface area contributed by atoms with Crippen molar-refractivity contribution >= 4 is 11.6 Å². The molecule has 1 aliphatic rings. The van der Waals surface area contributed by atoms with Crippen molar-refractivity contribution in [2.45, 2.75) is 25.6 Å². The summed E-state index contributed by atoms with van der Waals surface area (Å²) in [5.74, 6) is -2.04. The quantitative estimate of drug-likeness (QED) is 0.884. The summed E-state index contributed by atoms with van der Waals surface area (Å²) in [7, 11) is 0. The molecule has 0 aromatic heterocycles. The number of anilines is 1. The summed E-state index contributed by atoms with van der Waals surface area (Å²) >= 11 is 0. The molecule has 1 fully saturated rings. The van der Waals surface area contributed by atoms with Crippen LogP contribution in [0, 0.1) is 11.6 Å². The van der Waals surface area contributed by atoms with Crippen molar-refractivity contribution in [3.63, 3.8) is 0 Å². The highest BCUT2D eigenvalue weighted by Gasteiger charge is 2.43. The van der Waals surface area contributed by atoms with Crippen LogP contribution < -0.4 is 10.6 Å². The van der Waals surface area contributed by atoms with E-state index in [4.69, 9.17) is 10.5 Å². The van der Waals surface area contributed by atoms with Gasteiger partial charge in [-0.25, -0.2) is 8.78 Å². The maximum Gasteiger partial charge on any atom is 0.258 e. The fraction of sp³-hybridized carbons (Fsp3) is 0.462. The number of ether oxygens (including phenoxy) is 1.